The average molecular weight is 360 g/mol. The molecule has 1 aromatic carbocycles. The van der Waals surface area contributed by atoms with Crippen molar-refractivity contribution in [2.45, 2.75) is 12.8 Å². The maximum absolute atomic E-state index is 5.87. The van der Waals surface area contributed by atoms with E-state index in [1.165, 1.54) is 5.56 Å². The molecule has 0 aliphatic rings. The summed E-state index contributed by atoms with van der Waals surface area (Å²) >= 11 is 7.71. The molecule has 1 unspecified atom stereocenters. The SMILES string of the molecule is CC(c1ccc(Cl)cc1)c1ccc(OI)cn1. The van der Waals surface area contributed by atoms with Crippen LogP contribution in [0.4, 0.5) is 0 Å². The van der Waals surface area contributed by atoms with Crippen LogP contribution in [0.25, 0.3) is 0 Å². The molecule has 88 valence electrons. The van der Waals surface area contributed by atoms with E-state index in [0.29, 0.717) is 0 Å². The zero-order chi connectivity index (χ0) is 12.3. The molecule has 0 saturated heterocycles. The lowest BCUT2D eigenvalue weighted by molar-refractivity contribution is 0.706. The summed E-state index contributed by atoms with van der Waals surface area (Å²) in [5.41, 5.74) is 2.22. The molecule has 0 spiro atoms. The zero-order valence-corrected chi connectivity index (χ0v) is 12.1. The van der Waals surface area contributed by atoms with Gasteiger partial charge in [0.05, 0.1) is 6.20 Å². The minimum atomic E-state index is 0.246. The van der Waals surface area contributed by atoms with Gasteiger partial charge >= 0.3 is 0 Å². The van der Waals surface area contributed by atoms with Crippen LogP contribution in [-0.2, 0) is 0 Å². The van der Waals surface area contributed by atoms with E-state index in [1.807, 2.05) is 59.4 Å². The number of aromatic nitrogens is 1. The predicted molar refractivity (Wildman–Crippen MR) is 77.9 cm³/mol. The van der Waals surface area contributed by atoms with Crippen LogP contribution in [0.15, 0.2) is 42.6 Å². The molecule has 0 fully saturated rings. The zero-order valence-electron chi connectivity index (χ0n) is 9.23. The Morgan fingerprint density at radius 3 is 2.41 bits per heavy atom. The van der Waals surface area contributed by atoms with Crippen molar-refractivity contribution in [1.29, 1.82) is 0 Å². The van der Waals surface area contributed by atoms with Crippen LogP contribution in [0.3, 0.4) is 0 Å². The predicted octanol–water partition coefficient (Wildman–Crippen LogP) is 4.62. The van der Waals surface area contributed by atoms with Crippen LogP contribution >= 0.6 is 34.6 Å². The van der Waals surface area contributed by atoms with Crippen molar-refractivity contribution in [1.82, 2.24) is 4.98 Å². The van der Waals surface area contributed by atoms with Crippen LogP contribution in [0, 0.1) is 0 Å². The van der Waals surface area contributed by atoms with E-state index in [-0.39, 0.29) is 5.92 Å². The number of rotatable bonds is 3. The highest BCUT2D eigenvalue weighted by Gasteiger charge is 2.09. The quantitative estimate of drug-likeness (QED) is 0.746. The van der Waals surface area contributed by atoms with Gasteiger partial charge < -0.3 is 3.07 Å². The number of halogens is 2. The van der Waals surface area contributed by atoms with Crippen molar-refractivity contribution >= 4 is 34.6 Å². The molecule has 17 heavy (non-hydrogen) atoms. The first-order valence-electron chi connectivity index (χ1n) is 5.20. The molecule has 0 N–H and O–H groups in total. The molecule has 0 saturated carbocycles. The lowest BCUT2D eigenvalue weighted by Gasteiger charge is -2.11. The van der Waals surface area contributed by atoms with Crippen molar-refractivity contribution in [3.63, 3.8) is 0 Å². The molecular weight excluding hydrogens is 349 g/mol. The van der Waals surface area contributed by atoms with E-state index < -0.39 is 0 Å². The summed E-state index contributed by atoms with van der Waals surface area (Å²) in [7, 11) is 0. The molecule has 0 radical (unpaired) electrons. The maximum atomic E-state index is 5.87. The smallest absolute Gasteiger partial charge is 0.192 e. The Morgan fingerprint density at radius 1 is 1.18 bits per heavy atom. The molecule has 0 aliphatic heterocycles. The first kappa shape index (κ1) is 12.6. The molecule has 0 bridgehead atoms. The third-order valence-electron chi connectivity index (χ3n) is 2.66. The Hall–Kier alpha value is -0.810. The van der Waals surface area contributed by atoms with E-state index >= 15 is 0 Å². The fraction of sp³-hybridized carbons (Fsp3) is 0.154. The van der Waals surface area contributed by atoms with Crippen molar-refractivity contribution < 1.29 is 3.07 Å². The summed E-state index contributed by atoms with van der Waals surface area (Å²) in [6, 6.07) is 11.7. The highest BCUT2D eigenvalue weighted by Crippen LogP contribution is 2.25. The Labute approximate surface area is 120 Å². The first-order chi connectivity index (χ1) is 8.20. The lowest BCUT2D eigenvalue weighted by Crippen LogP contribution is -1.98. The van der Waals surface area contributed by atoms with Gasteiger partial charge in [-0.25, -0.2) is 0 Å². The van der Waals surface area contributed by atoms with Gasteiger partial charge in [0.15, 0.2) is 28.8 Å². The van der Waals surface area contributed by atoms with E-state index in [1.54, 1.807) is 6.20 Å². The first-order valence-corrected chi connectivity index (χ1v) is 6.46. The van der Waals surface area contributed by atoms with E-state index in [9.17, 15) is 0 Å². The molecule has 1 atom stereocenters. The van der Waals surface area contributed by atoms with Gasteiger partial charge in [-0.05, 0) is 29.8 Å². The Balaban J connectivity index is 2.23. The molecule has 0 aliphatic carbocycles. The van der Waals surface area contributed by atoms with Crippen molar-refractivity contribution in [3.05, 3.63) is 58.9 Å². The monoisotopic (exact) mass is 359 g/mol. The minimum Gasteiger partial charge on any atom is -0.426 e. The van der Waals surface area contributed by atoms with Crippen molar-refractivity contribution in [3.8, 4) is 5.75 Å². The van der Waals surface area contributed by atoms with Gasteiger partial charge in [0.2, 0.25) is 0 Å². The van der Waals surface area contributed by atoms with Gasteiger partial charge in [-0.3, -0.25) is 4.98 Å². The summed E-state index contributed by atoms with van der Waals surface area (Å²) in [5.74, 6) is 1.01. The fourth-order valence-electron chi connectivity index (χ4n) is 1.62. The Bertz CT molecular complexity index is 484. The van der Waals surface area contributed by atoms with E-state index in [0.717, 1.165) is 16.5 Å². The largest absolute Gasteiger partial charge is 0.426 e. The minimum absolute atomic E-state index is 0.246. The maximum Gasteiger partial charge on any atom is 0.192 e. The van der Waals surface area contributed by atoms with Crippen LogP contribution < -0.4 is 3.07 Å². The second kappa shape index (κ2) is 5.69. The lowest BCUT2D eigenvalue weighted by atomic mass is 9.97. The molecule has 1 aromatic heterocycles. The Kier molecular flexibility index (Phi) is 4.23. The normalized spacial score (nSPS) is 12.2. The van der Waals surface area contributed by atoms with Crippen LogP contribution in [0.1, 0.15) is 24.1 Å². The average Bonchev–Trinajstić information content (AvgIpc) is 2.39. The highest BCUT2D eigenvalue weighted by molar-refractivity contribution is 14.1. The standard InChI is InChI=1S/C13H11ClINO/c1-9(10-2-4-11(14)5-3-10)13-7-6-12(17-15)8-16-13/h2-9H,1H3. The van der Waals surface area contributed by atoms with Crippen LogP contribution in [0.5, 0.6) is 5.75 Å². The summed E-state index contributed by atoms with van der Waals surface area (Å²) < 4.78 is 5.06. The third-order valence-corrected chi connectivity index (χ3v) is 3.42. The second-order valence-corrected chi connectivity index (χ2v) is 4.65. The topological polar surface area (TPSA) is 22.1 Å². The molecule has 2 rings (SSSR count). The molecule has 1 heterocycles. The van der Waals surface area contributed by atoms with Crippen molar-refractivity contribution in [2.24, 2.45) is 0 Å². The summed E-state index contributed by atoms with van der Waals surface area (Å²) in [4.78, 5) is 4.39. The van der Waals surface area contributed by atoms with Gasteiger partial charge in [0.1, 0.15) is 0 Å². The Morgan fingerprint density at radius 2 is 1.88 bits per heavy atom. The van der Waals surface area contributed by atoms with Crippen molar-refractivity contribution in [2.75, 3.05) is 0 Å². The number of nitrogens with zero attached hydrogens (tertiary/aromatic N) is 1. The highest BCUT2D eigenvalue weighted by atomic mass is 127. The number of hydrogen-bond acceptors (Lipinski definition) is 2. The van der Waals surface area contributed by atoms with Gasteiger partial charge in [-0.1, -0.05) is 30.7 Å². The van der Waals surface area contributed by atoms with Crippen LogP contribution in [-0.4, -0.2) is 4.98 Å². The molecule has 2 nitrogen and oxygen atoms in total. The summed E-state index contributed by atoms with van der Waals surface area (Å²) in [6.45, 7) is 2.12. The van der Waals surface area contributed by atoms with Gasteiger partial charge in [0, 0.05) is 16.6 Å². The number of benzene rings is 1. The van der Waals surface area contributed by atoms with Gasteiger partial charge in [-0.15, -0.1) is 0 Å². The third kappa shape index (κ3) is 3.10. The number of pyridine rings is 1. The molecule has 4 heteroatoms. The van der Waals surface area contributed by atoms with Gasteiger partial charge in [0.25, 0.3) is 0 Å². The van der Waals surface area contributed by atoms with Gasteiger partial charge in [-0.2, -0.15) is 0 Å². The second-order valence-electron chi connectivity index (χ2n) is 3.77. The van der Waals surface area contributed by atoms with Crippen LogP contribution in [0.2, 0.25) is 5.02 Å². The summed E-state index contributed by atoms with van der Waals surface area (Å²) in [5, 5.41) is 0.752. The summed E-state index contributed by atoms with van der Waals surface area (Å²) in [6.07, 6.45) is 1.73. The molecule has 2 aromatic rings. The number of hydrogen-bond donors (Lipinski definition) is 0. The van der Waals surface area contributed by atoms with E-state index in [2.05, 4.69) is 11.9 Å². The molecular formula is C13H11ClINO. The molecule has 0 amide bonds. The fourth-order valence-corrected chi connectivity index (χ4v) is 2.00. The van der Waals surface area contributed by atoms with E-state index in [4.69, 9.17) is 14.7 Å².